The van der Waals surface area contributed by atoms with Gasteiger partial charge in [-0.3, -0.25) is 4.79 Å². The van der Waals surface area contributed by atoms with Gasteiger partial charge in [-0.05, 0) is 57.5 Å². The molecule has 178 valence electrons. The highest BCUT2D eigenvalue weighted by Crippen LogP contribution is 2.64. The molecule has 0 saturated carbocycles. The van der Waals surface area contributed by atoms with Crippen molar-refractivity contribution in [2.75, 3.05) is 20.1 Å². The van der Waals surface area contributed by atoms with E-state index >= 15 is 0 Å². The Morgan fingerprint density at radius 3 is 2.94 bits per heavy atom. The summed E-state index contributed by atoms with van der Waals surface area (Å²) < 4.78 is 17.1. The molecule has 9 heteroatoms. The first-order valence-electron chi connectivity index (χ1n) is 11.5. The van der Waals surface area contributed by atoms with E-state index in [1.54, 1.807) is 12.1 Å². The second kappa shape index (κ2) is 7.72. The lowest BCUT2D eigenvalue weighted by atomic mass is 9.52. The maximum absolute atomic E-state index is 12.8. The number of likely N-dealkylation sites (tertiary alicyclic amines) is 1. The SMILES string of the molecule is C[C@H](OC(=O)CCN)C(=O)OC1=CC[C@@]2(O)[C@H]3Cc4ccc(O)c5c4[C@@]2(CCCN3C)[C@H]1O5. The Morgan fingerprint density at radius 1 is 1.39 bits per heavy atom. The Labute approximate surface area is 192 Å². The average molecular weight is 459 g/mol. The highest BCUT2D eigenvalue weighted by Gasteiger charge is 2.71. The number of carbonyl (C=O) groups is 2. The van der Waals surface area contributed by atoms with Gasteiger partial charge in [-0.15, -0.1) is 0 Å². The standard InChI is InChI=1S/C24H30N2O7/c1-13(31-18(28)7-10-25)22(29)32-16-6-9-24(30)17-12-14-4-5-15(27)20-19(14)23(24,21(16)33-20)8-3-11-26(17)2/h4-6,13,17,21,27,30H,3,7-12,25H2,1-2H3/t13-,17+,21-,23-,24+/m0/s1. The van der Waals surface area contributed by atoms with Crippen LogP contribution in [0.4, 0.5) is 0 Å². The van der Waals surface area contributed by atoms with Crippen molar-refractivity contribution in [1.82, 2.24) is 4.90 Å². The van der Waals surface area contributed by atoms with E-state index in [0.717, 1.165) is 24.1 Å². The Hall–Kier alpha value is -2.62. The summed E-state index contributed by atoms with van der Waals surface area (Å²) in [5.74, 6) is -0.668. The van der Waals surface area contributed by atoms with E-state index in [-0.39, 0.29) is 36.9 Å². The smallest absolute Gasteiger partial charge is 0.352 e. The van der Waals surface area contributed by atoms with Crippen molar-refractivity contribution < 1.29 is 34.0 Å². The van der Waals surface area contributed by atoms with E-state index in [1.165, 1.54) is 6.92 Å². The van der Waals surface area contributed by atoms with Crippen LogP contribution in [0.15, 0.2) is 24.0 Å². The van der Waals surface area contributed by atoms with Gasteiger partial charge in [0.05, 0.1) is 17.4 Å². The van der Waals surface area contributed by atoms with Gasteiger partial charge in [0.25, 0.3) is 0 Å². The largest absolute Gasteiger partial charge is 0.504 e. The maximum Gasteiger partial charge on any atom is 0.352 e. The van der Waals surface area contributed by atoms with Crippen LogP contribution < -0.4 is 10.5 Å². The van der Waals surface area contributed by atoms with Crippen LogP contribution in [0.2, 0.25) is 0 Å². The summed E-state index contributed by atoms with van der Waals surface area (Å²) >= 11 is 0. The predicted octanol–water partition coefficient (Wildman–Crippen LogP) is 0.884. The van der Waals surface area contributed by atoms with E-state index < -0.39 is 35.2 Å². The van der Waals surface area contributed by atoms with Gasteiger partial charge in [0.15, 0.2) is 23.7 Å². The van der Waals surface area contributed by atoms with Crippen LogP contribution in [0, 0.1) is 0 Å². The van der Waals surface area contributed by atoms with Crippen molar-refractivity contribution in [3.8, 4) is 11.5 Å². The van der Waals surface area contributed by atoms with Crippen LogP contribution in [0.25, 0.3) is 0 Å². The first-order chi connectivity index (χ1) is 15.7. The molecule has 1 spiro atoms. The van der Waals surface area contributed by atoms with Crippen LogP contribution in [0.1, 0.15) is 43.7 Å². The minimum absolute atomic E-state index is 0.00526. The van der Waals surface area contributed by atoms with Crippen molar-refractivity contribution in [2.24, 2.45) is 5.73 Å². The number of likely N-dealkylation sites (N-methyl/N-ethyl adjacent to an activating group) is 1. The van der Waals surface area contributed by atoms with Gasteiger partial charge >= 0.3 is 11.9 Å². The molecule has 1 aromatic carbocycles. The van der Waals surface area contributed by atoms with E-state index in [2.05, 4.69) is 4.90 Å². The minimum atomic E-state index is -1.15. The number of rotatable bonds is 5. The Balaban J connectivity index is 1.54. The zero-order valence-electron chi connectivity index (χ0n) is 18.9. The molecule has 0 aromatic heterocycles. The topological polar surface area (TPSA) is 132 Å². The highest BCUT2D eigenvalue weighted by molar-refractivity contribution is 5.80. The summed E-state index contributed by atoms with van der Waals surface area (Å²) in [5.41, 5.74) is 5.22. The molecule has 2 heterocycles. The van der Waals surface area contributed by atoms with Gasteiger partial charge in [-0.1, -0.05) is 6.07 Å². The summed E-state index contributed by atoms with van der Waals surface area (Å²) in [4.78, 5) is 26.7. The number of hydrogen-bond donors (Lipinski definition) is 3. The van der Waals surface area contributed by atoms with Gasteiger partial charge < -0.3 is 35.1 Å². The molecule has 1 saturated heterocycles. The lowest BCUT2D eigenvalue weighted by molar-refractivity contribution is -0.167. The van der Waals surface area contributed by atoms with Gasteiger partial charge in [0, 0.05) is 24.6 Å². The first kappa shape index (κ1) is 22.2. The van der Waals surface area contributed by atoms with E-state index in [1.807, 2.05) is 13.1 Å². The number of phenols is 1. The molecule has 5 atom stereocenters. The van der Waals surface area contributed by atoms with Gasteiger partial charge in [-0.2, -0.15) is 0 Å². The van der Waals surface area contributed by atoms with Gasteiger partial charge in [0.2, 0.25) is 0 Å². The molecule has 9 nitrogen and oxygen atoms in total. The lowest BCUT2D eigenvalue weighted by Gasteiger charge is -2.56. The van der Waals surface area contributed by atoms with Crippen molar-refractivity contribution in [2.45, 2.75) is 68.3 Å². The van der Waals surface area contributed by atoms with Gasteiger partial charge in [-0.25, -0.2) is 4.79 Å². The summed E-state index contributed by atoms with van der Waals surface area (Å²) in [5, 5.41) is 22.8. The molecular formula is C24H30N2O7. The molecule has 2 bridgehead atoms. The van der Waals surface area contributed by atoms with Crippen LogP contribution in [-0.2, 0) is 30.9 Å². The average Bonchev–Trinajstić information content (AvgIpc) is 3.11. The molecule has 4 N–H and O–H groups in total. The first-order valence-corrected chi connectivity index (χ1v) is 11.5. The number of ether oxygens (including phenoxy) is 3. The van der Waals surface area contributed by atoms with Crippen LogP contribution in [-0.4, -0.2) is 71.0 Å². The third-order valence-electron chi connectivity index (χ3n) is 7.78. The zero-order chi connectivity index (χ0) is 23.5. The van der Waals surface area contributed by atoms with Crippen molar-refractivity contribution in [1.29, 1.82) is 0 Å². The quantitative estimate of drug-likeness (QED) is 0.550. The number of aromatic hydroxyl groups is 1. The van der Waals surface area contributed by atoms with Crippen LogP contribution >= 0.6 is 0 Å². The maximum atomic E-state index is 12.8. The number of carbonyl (C=O) groups excluding carboxylic acids is 2. The zero-order valence-corrected chi connectivity index (χ0v) is 18.9. The third-order valence-corrected chi connectivity index (χ3v) is 7.78. The monoisotopic (exact) mass is 458 g/mol. The summed E-state index contributed by atoms with van der Waals surface area (Å²) in [6.45, 7) is 2.39. The van der Waals surface area contributed by atoms with Crippen molar-refractivity contribution in [3.05, 3.63) is 35.1 Å². The fourth-order valence-electron chi connectivity index (χ4n) is 6.31. The minimum Gasteiger partial charge on any atom is -0.504 e. The van der Waals surface area contributed by atoms with Crippen LogP contribution in [0.3, 0.4) is 0 Å². The van der Waals surface area contributed by atoms with Crippen LogP contribution in [0.5, 0.6) is 11.5 Å². The molecule has 2 aliphatic heterocycles. The molecule has 1 aromatic rings. The number of nitrogens with zero attached hydrogens (tertiary/aromatic N) is 1. The van der Waals surface area contributed by atoms with Crippen molar-refractivity contribution >= 4 is 11.9 Å². The molecule has 4 aliphatic rings. The van der Waals surface area contributed by atoms with Gasteiger partial charge in [0.1, 0.15) is 5.76 Å². The second-order valence-corrected chi connectivity index (χ2v) is 9.55. The number of benzene rings is 1. The summed E-state index contributed by atoms with van der Waals surface area (Å²) in [6.07, 6.45) is 2.18. The Kier molecular flexibility index (Phi) is 5.19. The molecular weight excluding hydrogens is 428 g/mol. The summed E-state index contributed by atoms with van der Waals surface area (Å²) in [7, 11) is 2.02. The molecule has 0 radical (unpaired) electrons. The molecule has 5 rings (SSSR count). The molecule has 1 fully saturated rings. The molecule has 0 amide bonds. The normalized spacial score (nSPS) is 32.7. The molecule has 0 unspecified atom stereocenters. The predicted molar refractivity (Wildman–Crippen MR) is 117 cm³/mol. The number of nitrogens with two attached hydrogens (primary N) is 1. The lowest BCUT2D eigenvalue weighted by Crippen LogP contribution is -2.69. The fourth-order valence-corrected chi connectivity index (χ4v) is 6.31. The number of hydrogen-bond acceptors (Lipinski definition) is 9. The number of aliphatic hydroxyl groups is 1. The fraction of sp³-hybridized carbons (Fsp3) is 0.583. The van der Waals surface area contributed by atoms with Crippen molar-refractivity contribution in [3.63, 3.8) is 0 Å². The number of esters is 2. The highest BCUT2D eigenvalue weighted by atomic mass is 16.6. The van der Waals surface area contributed by atoms with E-state index in [0.29, 0.717) is 18.6 Å². The van der Waals surface area contributed by atoms with E-state index in [9.17, 15) is 19.8 Å². The Bertz CT molecular complexity index is 1040. The second-order valence-electron chi connectivity index (χ2n) is 9.55. The Morgan fingerprint density at radius 2 is 2.18 bits per heavy atom. The van der Waals surface area contributed by atoms with E-state index in [4.69, 9.17) is 19.9 Å². The third kappa shape index (κ3) is 3.02. The molecule has 33 heavy (non-hydrogen) atoms. The number of phenolic OH excluding ortho intramolecular Hbond substituents is 1. The summed E-state index contributed by atoms with van der Waals surface area (Å²) in [6, 6.07) is 3.38. The molecule has 2 aliphatic carbocycles.